The highest BCUT2D eigenvalue weighted by Crippen LogP contribution is 2.33. The number of nitrogens with zero attached hydrogens (tertiary/aromatic N) is 2. The standard InChI is InChI=1S/C23H20ClFN4O3/c1-23(2,3)19-12-20(29-32-19)28-22(30)27-17-8-7-13(11-15(17)24)31-18-9-10-26-21-14(18)5-4-6-16(21)25/h4-12H,1-3H3,(H2,27,28,29,30). The summed E-state index contributed by atoms with van der Waals surface area (Å²) < 4.78 is 25.1. The maximum absolute atomic E-state index is 14.0. The van der Waals surface area contributed by atoms with Gasteiger partial charge >= 0.3 is 6.03 Å². The van der Waals surface area contributed by atoms with E-state index in [1.165, 1.54) is 12.3 Å². The number of carbonyl (C=O) groups excluding carboxylic acids is 1. The molecule has 2 N–H and O–H groups in total. The van der Waals surface area contributed by atoms with Gasteiger partial charge in [0.05, 0.1) is 10.7 Å². The molecule has 0 saturated heterocycles. The first-order valence-electron chi connectivity index (χ1n) is 9.76. The molecule has 0 radical (unpaired) electrons. The molecule has 0 spiro atoms. The third kappa shape index (κ3) is 4.65. The minimum absolute atomic E-state index is 0.216. The summed E-state index contributed by atoms with van der Waals surface area (Å²) >= 11 is 6.32. The Balaban J connectivity index is 1.46. The van der Waals surface area contributed by atoms with Crippen LogP contribution in [0.5, 0.6) is 11.5 Å². The Morgan fingerprint density at radius 3 is 2.66 bits per heavy atom. The SMILES string of the molecule is CC(C)(C)c1cc(NC(=O)Nc2ccc(Oc3ccnc4c(F)cccc34)cc2Cl)no1. The van der Waals surface area contributed by atoms with Crippen molar-refractivity contribution in [2.75, 3.05) is 10.6 Å². The number of para-hydroxylation sites is 1. The number of amides is 2. The molecule has 32 heavy (non-hydrogen) atoms. The summed E-state index contributed by atoms with van der Waals surface area (Å²) in [5.41, 5.74) is 0.365. The van der Waals surface area contributed by atoms with Gasteiger partial charge in [-0.05, 0) is 30.3 Å². The predicted molar refractivity (Wildman–Crippen MR) is 121 cm³/mol. The van der Waals surface area contributed by atoms with Crippen LogP contribution in [0.25, 0.3) is 10.9 Å². The van der Waals surface area contributed by atoms with Gasteiger partial charge in [0.15, 0.2) is 5.82 Å². The van der Waals surface area contributed by atoms with Crippen LogP contribution >= 0.6 is 11.6 Å². The van der Waals surface area contributed by atoms with Crippen molar-refractivity contribution in [2.24, 2.45) is 0 Å². The summed E-state index contributed by atoms with van der Waals surface area (Å²) in [4.78, 5) is 16.4. The molecule has 9 heteroatoms. The van der Waals surface area contributed by atoms with Crippen molar-refractivity contribution in [2.45, 2.75) is 26.2 Å². The summed E-state index contributed by atoms with van der Waals surface area (Å²) in [5, 5.41) is 9.90. The Morgan fingerprint density at radius 1 is 1.12 bits per heavy atom. The lowest BCUT2D eigenvalue weighted by Gasteiger charge is -2.12. The molecule has 0 aliphatic heterocycles. The van der Waals surface area contributed by atoms with Crippen molar-refractivity contribution in [1.82, 2.24) is 10.1 Å². The quantitative estimate of drug-likeness (QED) is 0.356. The summed E-state index contributed by atoms with van der Waals surface area (Å²) in [6, 6.07) is 12.2. The fraction of sp³-hybridized carbons (Fsp3) is 0.174. The maximum atomic E-state index is 14.0. The van der Waals surface area contributed by atoms with Crippen molar-refractivity contribution >= 4 is 40.0 Å². The van der Waals surface area contributed by atoms with Crippen LogP contribution in [0.4, 0.5) is 20.7 Å². The average Bonchev–Trinajstić information content (AvgIpc) is 3.20. The highest BCUT2D eigenvalue weighted by molar-refractivity contribution is 6.34. The molecule has 0 aliphatic rings. The molecule has 4 aromatic rings. The van der Waals surface area contributed by atoms with Crippen LogP contribution < -0.4 is 15.4 Å². The first-order chi connectivity index (χ1) is 15.2. The van der Waals surface area contributed by atoms with Crippen LogP contribution in [0.2, 0.25) is 5.02 Å². The van der Waals surface area contributed by atoms with Gasteiger partial charge < -0.3 is 14.6 Å². The zero-order chi connectivity index (χ0) is 22.9. The Labute approximate surface area is 188 Å². The van der Waals surface area contributed by atoms with Gasteiger partial charge in [-0.2, -0.15) is 0 Å². The van der Waals surface area contributed by atoms with Crippen molar-refractivity contribution in [3.05, 3.63) is 71.3 Å². The minimum atomic E-state index is -0.523. The highest BCUT2D eigenvalue weighted by atomic mass is 35.5. The van der Waals surface area contributed by atoms with E-state index in [2.05, 4.69) is 20.8 Å². The number of fused-ring (bicyclic) bond motifs is 1. The molecular weight excluding hydrogens is 435 g/mol. The second-order valence-electron chi connectivity index (χ2n) is 8.09. The summed E-state index contributed by atoms with van der Waals surface area (Å²) in [5.74, 6) is 1.36. The molecular formula is C23H20ClFN4O3. The predicted octanol–water partition coefficient (Wildman–Crippen LogP) is 6.75. The van der Waals surface area contributed by atoms with E-state index in [4.69, 9.17) is 20.9 Å². The van der Waals surface area contributed by atoms with Gasteiger partial charge in [-0.25, -0.2) is 9.18 Å². The van der Waals surface area contributed by atoms with Crippen LogP contribution in [0.15, 0.2) is 59.3 Å². The average molecular weight is 455 g/mol. The molecule has 164 valence electrons. The third-order valence-corrected chi connectivity index (χ3v) is 4.90. The fourth-order valence-corrected chi connectivity index (χ4v) is 3.17. The van der Waals surface area contributed by atoms with E-state index in [0.29, 0.717) is 34.2 Å². The number of pyridine rings is 1. The smallest absolute Gasteiger partial charge is 0.324 e. The molecule has 4 rings (SSSR count). The number of ether oxygens (including phenoxy) is 1. The third-order valence-electron chi connectivity index (χ3n) is 4.59. The van der Waals surface area contributed by atoms with E-state index in [1.54, 1.807) is 42.5 Å². The van der Waals surface area contributed by atoms with E-state index < -0.39 is 11.8 Å². The van der Waals surface area contributed by atoms with E-state index >= 15 is 0 Å². The Bertz CT molecular complexity index is 1300. The Kier molecular flexibility index (Phi) is 5.71. The van der Waals surface area contributed by atoms with Crippen molar-refractivity contribution in [3.8, 4) is 11.5 Å². The molecule has 0 saturated carbocycles. The van der Waals surface area contributed by atoms with Crippen LogP contribution in [0, 0.1) is 5.82 Å². The van der Waals surface area contributed by atoms with Gasteiger partial charge in [0.25, 0.3) is 0 Å². The highest BCUT2D eigenvalue weighted by Gasteiger charge is 2.20. The van der Waals surface area contributed by atoms with Gasteiger partial charge in [-0.3, -0.25) is 10.3 Å². The van der Waals surface area contributed by atoms with Crippen LogP contribution in [0.3, 0.4) is 0 Å². The summed E-state index contributed by atoms with van der Waals surface area (Å²) in [6.45, 7) is 5.93. The number of rotatable bonds is 4. The molecule has 0 atom stereocenters. The lowest BCUT2D eigenvalue weighted by atomic mass is 9.93. The Hall–Kier alpha value is -3.65. The van der Waals surface area contributed by atoms with Crippen LogP contribution in [-0.2, 0) is 5.41 Å². The number of nitrogens with one attached hydrogen (secondary N) is 2. The number of carbonyl (C=O) groups is 1. The van der Waals surface area contributed by atoms with E-state index in [9.17, 15) is 9.18 Å². The van der Waals surface area contributed by atoms with Crippen molar-refractivity contribution < 1.29 is 18.4 Å². The van der Waals surface area contributed by atoms with Gasteiger partial charge in [0.2, 0.25) is 0 Å². The molecule has 2 aromatic heterocycles. The lowest BCUT2D eigenvalue weighted by Crippen LogP contribution is -2.19. The lowest BCUT2D eigenvalue weighted by molar-refractivity contribution is 0.262. The topological polar surface area (TPSA) is 89.3 Å². The second-order valence-corrected chi connectivity index (χ2v) is 8.50. The number of hydrogen-bond acceptors (Lipinski definition) is 5. The monoisotopic (exact) mass is 454 g/mol. The van der Waals surface area contributed by atoms with Gasteiger partial charge in [0, 0.05) is 29.1 Å². The minimum Gasteiger partial charge on any atom is -0.457 e. The zero-order valence-corrected chi connectivity index (χ0v) is 18.3. The first-order valence-corrected chi connectivity index (χ1v) is 10.1. The number of urea groups is 1. The first kappa shape index (κ1) is 21.6. The molecule has 0 fully saturated rings. The number of benzene rings is 2. The number of hydrogen-bond donors (Lipinski definition) is 2. The molecule has 0 bridgehead atoms. The van der Waals surface area contributed by atoms with Crippen LogP contribution in [-0.4, -0.2) is 16.2 Å². The maximum Gasteiger partial charge on any atom is 0.324 e. The molecule has 0 unspecified atom stereocenters. The number of anilines is 2. The van der Waals surface area contributed by atoms with Crippen LogP contribution in [0.1, 0.15) is 26.5 Å². The Morgan fingerprint density at radius 2 is 1.94 bits per heavy atom. The fourth-order valence-electron chi connectivity index (χ4n) is 2.95. The molecule has 2 aromatic carbocycles. The normalized spacial score (nSPS) is 11.4. The largest absolute Gasteiger partial charge is 0.457 e. The van der Waals surface area contributed by atoms with Gasteiger partial charge in [0.1, 0.15) is 28.6 Å². The zero-order valence-electron chi connectivity index (χ0n) is 17.6. The van der Waals surface area contributed by atoms with E-state index in [1.807, 2.05) is 20.8 Å². The van der Waals surface area contributed by atoms with Crippen molar-refractivity contribution in [3.63, 3.8) is 0 Å². The van der Waals surface area contributed by atoms with E-state index in [0.717, 1.165) is 0 Å². The molecule has 2 amide bonds. The molecule has 2 heterocycles. The second kappa shape index (κ2) is 8.47. The van der Waals surface area contributed by atoms with Gasteiger partial charge in [-0.15, -0.1) is 0 Å². The van der Waals surface area contributed by atoms with E-state index in [-0.39, 0.29) is 16.0 Å². The number of halogens is 2. The molecule has 0 aliphatic carbocycles. The molecule has 7 nitrogen and oxygen atoms in total. The van der Waals surface area contributed by atoms with Crippen molar-refractivity contribution in [1.29, 1.82) is 0 Å². The summed E-state index contributed by atoms with van der Waals surface area (Å²) in [7, 11) is 0. The summed E-state index contributed by atoms with van der Waals surface area (Å²) in [6.07, 6.45) is 1.47. The van der Waals surface area contributed by atoms with Gasteiger partial charge in [-0.1, -0.05) is 43.6 Å². The number of aromatic nitrogens is 2.